The van der Waals surface area contributed by atoms with Crippen LogP contribution >= 0.6 is 0 Å². The summed E-state index contributed by atoms with van der Waals surface area (Å²) in [4.78, 5) is 18.7. The molecule has 162 valence electrons. The van der Waals surface area contributed by atoms with Gasteiger partial charge in [-0.3, -0.25) is 9.69 Å². The molecule has 4 rings (SSSR count). The summed E-state index contributed by atoms with van der Waals surface area (Å²) in [5, 5.41) is 10.8. The summed E-state index contributed by atoms with van der Waals surface area (Å²) in [6.45, 7) is 4.36. The van der Waals surface area contributed by atoms with Crippen LogP contribution < -0.4 is 4.90 Å². The van der Waals surface area contributed by atoms with Gasteiger partial charge >= 0.3 is 6.18 Å². The normalized spacial score (nSPS) is 21.1. The van der Waals surface area contributed by atoms with Gasteiger partial charge in [-0.2, -0.15) is 13.2 Å². The number of likely N-dealkylation sites (tertiary alicyclic amines) is 1. The number of anilines is 1. The zero-order chi connectivity index (χ0) is 21.1. The van der Waals surface area contributed by atoms with E-state index in [0.717, 1.165) is 38.5 Å². The van der Waals surface area contributed by atoms with E-state index in [1.807, 2.05) is 9.80 Å². The van der Waals surface area contributed by atoms with Gasteiger partial charge in [-0.15, -0.1) is 5.10 Å². The van der Waals surface area contributed by atoms with Crippen molar-refractivity contribution in [1.29, 1.82) is 0 Å². The van der Waals surface area contributed by atoms with Crippen molar-refractivity contribution < 1.29 is 18.0 Å². The minimum atomic E-state index is -4.34. The van der Waals surface area contributed by atoms with E-state index in [0.29, 0.717) is 25.3 Å². The zero-order valence-corrected chi connectivity index (χ0v) is 16.5. The third kappa shape index (κ3) is 4.72. The van der Waals surface area contributed by atoms with E-state index >= 15 is 0 Å². The third-order valence-corrected chi connectivity index (χ3v) is 5.81. The Morgan fingerprint density at radius 3 is 2.63 bits per heavy atom. The fourth-order valence-corrected chi connectivity index (χ4v) is 4.19. The molecule has 0 spiro atoms. The molecule has 2 saturated heterocycles. The summed E-state index contributed by atoms with van der Waals surface area (Å²) in [6.07, 6.45) is -0.970. The summed E-state index contributed by atoms with van der Waals surface area (Å²) in [5.41, 5.74) is -0.0159. The molecule has 8 nitrogen and oxygen atoms in total. The number of tetrazole rings is 1. The Morgan fingerprint density at radius 1 is 1.13 bits per heavy atom. The van der Waals surface area contributed by atoms with Crippen LogP contribution in [0.15, 0.2) is 30.6 Å². The molecule has 0 N–H and O–H groups in total. The number of piperazine rings is 1. The van der Waals surface area contributed by atoms with Crippen LogP contribution in [0.1, 0.15) is 18.4 Å². The van der Waals surface area contributed by atoms with Crippen molar-refractivity contribution in [2.45, 2.75) is 31.6 Å². The number of hydrogen-bond acceptors (Lipinski definition) is 6. The molecule has 1 unspecified atom stereocenters. The topological polar surface area (TPSA) is 70.4 Å². The maximum Gasteiger partial charge on any atom is 0.416 e. The van der Waals surface area contributed by atoms with Crippen molar-refractivity contribution in [2.75, 3.05) is 44.2 Å². The monoisotopic (exact) mass is 423 g/mol. The van der Waals surface area contributed by atoms with Crippen molar-refractivity contribution in [3.05, 3.63) is 36.2 Å². The van der Waals surface area contributed by atoms with Gasteiger partial charge in [-0.1, -0.05) is 6.07 Å². The van der Waals surface area contributed by atoms with E-state index < -0.39 is 11.7 Å². The Bertz CT molecular complexity index is 850. The van der Waals surface area contributed by atoms with Gasteiger partial charge in [0, 0.05) is 51.0 Å². The van der Waals surface area contributed by atoms with Crippen LogP contribution in [-0.4, -0.2) is 81.2 Å². The summed E-state index contributed by atoms with van der Waals surface area (Å²) in [5.74, 6) is -0.00500. The number of alkyl halides is 3. The standard InChI is InChI=1S/C19H24F3N7O/c20-19(21,22)15-3-1-4-16(11-15)26-7-9-27(10-8-26)17-5-2-6-28(12-17)18(30)13-29-14-23-24-25-29/h1,3-4,11,14,17H,2,5-10,12-13H2. The molecule has 0 bridgehead atoms. The highest BCUT2D eigenvalue weighted by Crippen LogP contribution is 2.32. The Balaban J connectivity index is 1.32. The van der Waals surface area contributed by atoms with Crippen LogP contribution in [-0.2, 0) is 17.5 Å². The number of aromatic nitrogens is 4. The number of hydrogen-bond donors (Lipinski definition) is 0. The Morgan fingerprint density at radius 2 is 1.93 bits per heavy atom. The maximum absolute atomic E-state index is 13.0. The lowest BCUT2D eigenvalue weighted by Crippen LogP contribution is -2.56. The van der Waals surface area contributed by atoms with Gasteiger partial charge in [-0.25, -0.2) is 4.68 Å². The van der Waals surface area contributed by atoms with E-state index in [2.05, 4.69) is 20.4 Å². The van der Waals surface area contributed by atoms with E-state index in [9.17, 15) is 18.0 Å². The number of carbonyl (C=O) groups is 1. The first-order valence-electron chi connectivity index (χ1n) is 10.0. The Hall–Kier alpha value is -2.69. The van der Waals surface area contributed by atoms with Crippen molar-refractivity contribution >= 4 is 11.6 Å². The van der Waals surface area contributed by atoms with Crippen molar-refractivity contribution in [3.63, 3.8) is 0 Å². The van der Waals surface area contributed by atoms with Crippen LogP contribution in [0.25, 0.3) is 0 Å². The number of piperidine rings is 1. The van der Waals surface area contributed by atoms with Crippen LogP contribution in [0.2, 0.25) is 0 Å². The molecule has 1 atom stereocenters. The summed E-state index contributed by atoms with van der Waals surface area (Å²) < 4.78 is 40.4. The minimum Gasteiger partial charge on any atom is -0.369 e. The molecule has 1 aromatic heterocycles. The highest BCUT2D eigenvalue weighted by molar-refractivity contribution is 5.76. The number of nitrogens with zero attached hydrogens (tertiary/aromatic N) is 7. The summed E-state index contributed by atoms with van der Waals surface area (Å²) >= 11 is 0. The van der Waals surface area contributed by atoms with Gasteiger partial charge in [0.15, 0.2) is 0 Å². The molecule has 30 heavy (non-hydrogen) atoms. The molecule has 0 saturated carbocycles. The fraction of sp³-hybridized carbons (Fsp3) is 0.579. The van der Waals surface area contributed by atoms with Gasteiger partial charge in [0.2, 0.25) is 5.91 Å². The van der Waals surface area contributed by atoms with E-state index in [1.165, 1.54) is 23.1 Å². The van der Waals surface area contributed by atoms with Gasteiger partial charge in [-0.05, 0) is 41.5 Å². The molecule has 0 radical (unpaired) electrons. The van der Waals surface area contributed by atoms with Crippen molar-refractivity contribution in [1.82, 2.24) is 30.0 Å². The number of carbonyl (C=O) groups excluding carboxylic acids is 1. The van der Waals surface area contributed by atoms with Crippen LogP contribution in [0, 0.1) is 0 Å². The first-order valence-corrected chi connectivity index (χ1v) is 10.0. The second-order valence-corrected chi connectivity index (χ2v) is 7.71. The third-order valence-electron chi connectivity index (χ3n) is 5.81. The molecular formula is C19H24F3N7O. The molecule has 11 heteroatoms. The van der Waals surface area contributed by atoms with Crippen LogP contribution in [0.5, 0.6) is 0 Å². The minimum absolute atomic E-state index is 0.00500. The highest BCUT2D eigenvalue weighted by Gasteiger charge is 2.32. The zero-order valence-electron chi connectivity index (χ0n) is 16.5. The van der Waals surface area contributed by atoms with Crippen LogP contribution in [0.3, 0.4) is 0 Å². The molecule has 2 aliphatic rings. The Labute approximate surface area is 172 Å². The number of amides is 1. The summed E-state index contributed by atoms with van der Waals surface area (Å²) in [6, 6.07) is 5.77. The van der Waals surface area contributed by atoms with E-state index in [-0.39, 0.29) is 18.5 Å². The first-order chi connectivity index (χ1) is 14.4. The lowest BCUT2D eigenvalue weighted by atomic mass is 10.0. The predicted octanol–water partition coefficient (Wildman–Crippen LogP) is 1.51. The second kappa shape index (κ2) is 8.58. The largest absolute Gasteiger partial charge is 0.416 e. The first kappa shape index (κ1) is 20.6. The highest BCUT2D eigenvalue weighted by atomic mass is 19.4. The molecule has 3 heterocycles. The van der Waals surface area contributed by atoms with Crippen molar-refractivity contribution in [2.24, 2.45) is 0 Å². The molecule has 0 aliphatic carbocycles. The number of rotatable bonds is 4. The number of halogens is 3. The van der Waals surface area contributed by atoms with Crippen LogP contribution in [0.4, 0.5) is 18.9 Å². The lowest BCUT2D eigenvalue weighted by Gasteiger charge is -2.44. The molecule has 2 fully saturated rings. The predicted molar refractivity (Wildman–Crippen MR) is 103 cm³/mol. The van der Waals surface area contributed by atoms with E-state index in [4.69, 9.17) is 0 Å². The molecule has 2 aliphatic heterocycles. The molecular weight excluding hydrogens is 399 g/mol. The SMILES string of the molecule is O=C(Cn1cnnn1)N1CCCC(N2CCN(c3cccc(C(F)(F)F)c3)CC2)C1. The average molecular weight is 423 g/mol. The maximum atomic E-state index is 13.0. The molecule has 1 aromatic carbocycles. The fourth-order valence-electron chi connectivity index (χ4n) is 4.19. The Kier molecular flexibility index (Phi) is 5.89. The molecule has 1 amide bonds. The van der Waals surface area contributed by atoms with Crippen molar-refractivity contribution in [3.8, 4) is 0 Å². The summed E-state index contributed by atoms with van der Waals surface area (Å²) in [7, 11) is 0. The quantitative estimate of drug-likeness (QED) is 0.743. The second-order valence-electron chi connectivity index (χ2n) is 7.71. The van der Waals surface area contributed by atoms with Gasteiger partial charge in [0.05, 0.1) is 5.56 Å². The molecule has 2 aromatic rings. The van der Waals surface area contributed by atoms with Gasteiger partial charge < -0.3 is 9.80 Å². The van der Waals surface area contributed by atoms with E-state index in [1.54, 1.807) is 6.07 Å². The average Bonchev–Trinajstić information content (AvgIpc) is 3.26. The van der Waals surface area contributed by atoms with Gasteiger partial charge in [0.25, 0.3) is 0 Å². The smallest absolute Gasteiger partial charge is 0.369 e. The van der Waals surface area contributed by atoms with Gasteiger partial charge in [0.1, 0.15) is 12.9 Å². The lowest BCUT2D eigenvalue weighted by molar-refractivity contribution is -0.137. The number of benzene rings is 1.